The number of nitriles is 1. The maximum absolute atomic E-state index is 11.7. The van der Waals surface area contributed by atoms with Crippen LogP contribution in [0.3, 0.4) is 0 Å². The highest BCUT2D eigenvalue weighted by atomic mass is 16.2. The van der Waals surface area contributed by atoms with Gasteiger partial charge in [-0.25, -0.2) is 0 Å². The van der Waals surface area contributed by atoms with Crippen LogP contribution in [0.1, 0.15) is 5.56 Å². The first-order valence-electron chi connectivity index (χ1n) is 5.94. The second-order valence-corrected chi connectivity index (χ2v) is 4.31. The van der Waals surface area contributed by atoms with Crippen molar-refractivity contribution in [2.45, 2.75) is 0 Å². The van der Waals surface area contributed by atoms with E-state index >= 15 is 0 Å². The van der Waals surface area contributed by atoms with E-state index in [9.17, 15) is 4.79 Å². The summed E-state index contributed by atoms with van der Waals surface area (Å²) in [5.41, 5.74) is 3.29. The third-order valence-corrected chi connectivity index (χ3v) is 3.08. The average Bonchev–Trinajstić information content (AvgIpc) is 2.46. The fourth-order valence-electron chi connectivity index (χ4n) is 2.18. The van der Waals surface area contributed by atoms with E-state index in [1.165, 1.54) is 0 Å². The molecule has 0 radical (unpaired) electrons. The predicted molar refractivity (Wildman–Crippen MR) is 73.2 cm³/mol. The monoisotopic (exact) mass is 249 g/mol. The van der Waals surface area contributed by atoms with Crippen LogP contribution in [0.25, 0.3) is 0 Å². The molecule has 92 valence electrons. The van der Waals surface area contributed by atoms with Gasteiger partial charge in [-0.15, -0.1) is 0 Å². The summed E-state index contributed by atoms with van der Waals surface area (Å²) in [6, 6.07) is 17.0. The van der Waals surface area contributed by atoms with Crippen molar-refractivity contribution in [3.8, 4) is 6.07 Å². The number of hydrogen-bond donors (Lipinski definition) is 1. The van der Waals surface area contributed by atoms with Gasteiger partial charge in [0.05, 0.1) is 23.0 Å². The van der Waals surface area contributed by atoms with Gasteiger partial charge in [-0.05, 0) is 36.4 Å². The Morgan fingerprint density at radius 1 is 1.11 bits per heavy atom. The number of fused-ring (bicyclic) bond motifs is 1. The van der Waals surface area contributed by atoms with Crippen LogP contribution >= 0.6 is 0 Å². The standard InChI is InChI=1S/C15H11N3O/c16-9-11-5-7-12(8-6-11)18-10-15(19)17-13-3-1-2-4-14(13)18/h1-8H,10H2,(H,17,19). The largest absolute Gasteiger partial charge is 0.330 e. The Balaban J connectivity index is 2.05. The van der Waals surface area contributed by atoms with Gasteiger partial charge in [0.1, 0.15) is 6.54 Å². The maximum Gasteiger partial charge on any atom is 0.244 e. The molecule has 1 amide bonds. The van der Waals surface area contributed by atoms with E-state index in [2.05, 4.69) is 11.4 Å². The van der Waals surface area contributed by atoms with Crippen molar-refractivity contribution in [1.29, 1.82) is 5.26 Å². The summed E-state index contributed by atoms with van der Waals surface area (Å²) in [5.74, 6) is -0.0388. The number of para-hydroxylation sites is 2. The van der Waals surface area contributed by atoms with Crippen molar-refractivity contribution >= 4 is 23.0 Å². The van der Waals surface area contributed by atoms with Crippen LogP contribution in [0.5, 0.6) is 0 Å². The molecule has 1 N–H and O–H groups in total. The topological polar surface area (TPSA) is 56.1 Å². The highest BCUT2D eigenvalue weighted by Gasteiger charge is 2.22. The second kappa shape index (κ2) is 4.46. The quantitative estimate of drug-likeness (QED) is 0.845. The molecule has 0 unspecified atom stereocenters. The molecule has 0 aromatic heterocycles. The fourth-order valence-corrected chi connectivity index (χ4v) is 2.18. The molecule has 0 spiro atoms. The minimum absolute atomic E-state index is 0.0388. The molecule has 2 aromatic rings. The van der Waals surface area contributed by atoms with Crippen molar-refractivity contribution in [1.82, 2.24) is 0 Å². The lowest BCUT2D eigenvalue weighted by atomic mass is 10.1. The smallest absolute Gasteiger partial charge is 0.244 e. The average molecular weight is 249 g/mol. The van der Waals surface area contributed by atoms with E-state index in [-0.39, 0.29) is 12.5 Å². The molecular weight excluding hydrogens is 238 g/mol. The van der Waals surface area contributed by atoms with Crippen molar-refractivity contribution in [3.63, 3.8) is 0 Å². The molecule has 19 heavy (non-hydrogen) atoms. The van der Waals surface area contributed by atoms with E-state index in [4.69, 9.17) is 5.26 Å². The van der Waals surface area contributed by atoms with Crippen LogP contribution in [-0.2, 0) is 4.79 Å². The summed E-state index contributed by atoms with van der Waals surface area (Å²) in [5, 5.41) is 11.7. The molecule has 1 aliphatic rings. The molecule has 0 saturated carbocycles. The van der Waals surface area contributed by atoms with E-state index in [1.807, 2.05) is 41.3 Å². The molecule has 0 aliphatic carbocycles. The van der Waals surface area contributed by atoms with E-state index in [0.717, 1.165) is 17.1 Å². The number of carbonyl (C=O) groups excluding carboxylic acids is 1. The maximum atomic E-state index is 11.7. The molecule has 0 saturated heterocycles. The summed E-state index contributed by atoms with van der Waals surface area (Å²) in [6.07, 6.45) is 0. The number of rotatable bonds is 1. The van der Waals surface area contributed by atoms with E-state index in [0.29, 0.717) is 5.56 Å². The Morgan fingerprint density at radius 3 is 2.58 bits per heavy atom. The van der Waals surface area contributed by atoms with Crippen LogP contribution in [0.4, 0.5) is 17.1 Å². The van der Waals surface area contributed by atoms with Crippen LogP contribution < -0.4 is 10.2 Å². The number of benzene rings is 2. The van der Waals surface area contributed by atoms with E-state index in [1.54, 1.807) is 12.1 Å². The first-order valence-corrected chi connectivity index (χ1v) is 5.94. The zero-order valence-corrected chi connectivity index (χ0v) is 10.1. The van der Waals surface area contributed by atoms with Gasteiger partial charge in [-0.1, -0.05) is 12.1 Å². The molecule has 0 atom stereocenters. The normalized spacial score (nSPS) is 13.4. The summed E-state index contributed by atoms with van der Waals surface area (Å²) in [7, 11) is 0. The number of nitrogens with one attached hydrogen (secondary N) is 1. The minimum atomic E-state index is -0.0388. The summed E-state index contributed by atoms with van der Waals surface area (Å²) >= 11 is 0. The Bertz CT molecular complexity index is 671. The molecule has 1 aliphatic heterocycles. The summed E-state index contributed by atoms with van der Waals surface area (Å²) in [6.45, 7) is 0.281. The van der Waals surface area contributed by atoms with Crippen molar-refractivity contribution in [3.05, 3.63) is 54.1 Å². The Kier molecular flexibility index (Phi) is 2.66. The molecular formula is C15H11N3O. The Hall–Kier alpha value is -2.80. The third kappa shape index (κ3) is 2.02. The van der Waals surface area contributed by atoms with Gasteiger partial charge in [0.15, 0.2) is 0 Å². The van der Waals surface area contributed by atoms with Crippen LogP contribution in [-0.4, -0.2) is 12.5 Å². The van der Waals surface area contributed by atoms with Crippen LogP contribution in [0, 0.1) is 11.3 Å². The Labute approximate surface area is 110 Å². The molecule has 0 bridgehead atoms. The van der Waals surface area contributed by atoms with Crippen LogP contribution in [0.2, 0.25) is 0 Å². The van der Waals surface area contributed by atoms with Crippen LogP contribution in [0.15, 0.2) is 48.5 Å². The third-order valence-electron chi connectivity index (χ3n) is 3.08. The number of hydrogen-bond acceptors (Lipinski definition) is 3. The van der Waals surface area contributed by atoms with Gasteiger partial charge in [0.2, 0.25) is 5.91 Å². The fraction of sp³-hybridized carbons (Fsp3) is 0.0667. The lowest BCUT2D eigenvalue weighted by Gasteiger charge is -2.30. The van der Waals surface area contributed by atoms with Gasteiger partial charge in [0.25, 0.3) is 0 Å². The summed E-state index contributed by atoms with van der Waals surface area (Å²) < 4.78 is 0. The van der Waals surface area contributed by atoms with E-state index < -0.39 is 0 Å². The Morgan fingerprint density at radius 2 is 1.84 bits per heavy atom. The molecule has 3 rings (SSSR count). The molecule has 4 nitrogen and oxygen atoms in total. The van der Waals surface area contributed by atoms with Crippen molar-refractivity contribution < 1.29 is 4.79 Å². The predicted octanol–water partition coefficient (Wildman–Crippen LogP) is 2.65. The SMILES string of the molecule is N#Cc1ccc(N2CC(=O)Nc3ccccc32)cc1. The first-order chi connectivity index (χ1) is 9.28. The molecule has 1 heterocycles. The first kappa shape index (κ1) is 11.3. The number of amides is 1. The number of carbonyl (C=O) groups is 1. The van der Waals surface area contributed by atoms with Gasteiger partial charge < -0.3 is 10.2 Å². The lowest BCUT2D eigenvalue weighted by molar-refractivity contribution is -0.115. The van der Waals surface area contributed by atoms with Crippen molar-refractivity contribution in [2.75, 3.05) is 16.8 Å². The molecule has 2 aromatic carbocycles. The minimum Gasteiger partial charge on any atom is -0.330 e. The number of nitrogens with zero attached hydrogens (tertiary/aromatic N) is 2. The van der Waals surface area contributed by atoms with Gasteiger partial charge in [0, 0.05) is 5.69 Å². The summed E-state index contributed by atoms with van der Waals surface area (Å²) in [4.78, 5) is 13.7. The van der Waals surface area contributed by atoms with Crippen molar-refractivity contribution in [2.24, 2.45) is 0 Å². The second-order valence-electron chi connectivity index (χ2n) is 4.31. The zero-order chi connectivity index (χ0) is 13.2. The highest BCUT2D eigenvalue weighted by molar-refractivity contribution is 6.03. The van der Waals surface area contributed by atoms with Gasteiger partial charge in [-0.2, -0.15) is 5.26 Å². The highest BCUT2D eigenvalue weighted by Crippen LogP contribution is 2.34. The number of anilines is 3. The molecule has 0 fully saturated rings. The zero-order valence-electron chi connectivity index (χ0n) is 10.1. The lowest BCUT2D eigenvalue weighted by Crippen LogP contribution is -2.34. The molecule has 4 heteroatoms. The van der Waals surface area contributed by atoms with Gasteiger partial charge >= 0.3 is 0 Å². The van der Waals surface area contributed by atoms with Gasteiger partial charge in [-0.3, -0.25) is 4.79 Å².